The van der Waals surface area contributed by atoms with Crippen molar-refractivity contribution in [3.05, 3.63) is 36.5 Å². The lowest BCUT2D eigenvalue weighted by Gasteiger charge is -2.34. The van der Waals surface area contributed by atoms with Crippen molar-refractivity contribution in [2.75, 3.05) is 41.0 Å². The Morgan fingerprint density at radius 2 is 1.06 bits per heavy atom. The third-order valence-corrected chi connectivity index (χ3v) is 9.54. The Balaban J connectivity index is 4.38. The van der Waals surface area contributed by atoms with Crippen molar-refractivity contribution in [2.45, 2.75) is 193 Å². The lowest BCUT2D eigenvalue weighted by Crippen LogP contribution is -2.55. The summed E-state index contributed by atoms with van der Waals surface area (Å²) < 4.78 is 17.1. The van der Waals surface area contributed by atoms with Crippen molar-refractivity contribution >= 4 is 17.9 Å². The summed E-state index contributed by atoms with van der Waals surface area (Å²) in [5.74, 6) is -1.75. The second-order valence-electron chi connectivity index (χ2n) is 15.6. The highest BCUT2D eigenvalue weighted by Crippen LogP contribution is 2.15. The highest BCUT2D eigenvalue weighted by atomic mass is 16.6. The third-order valence-electron chi connectivity index (χ3n) is 9.54. The van der Waals surface area contributed by atoms with E-state index in [0.717, 1.165) is 77.0 Å². The van der Waals surface area contributed by atoms with Gasteiger partial charge in [-0.05, 0) is 44.9 Å². The van der Waals surface area contributed by atoms with Crippen molar-refractivity contribution in [3.8, 4) is 0 Å². The number of nitrogens with zero attached hydrogens (tertiary/aromatic N) is 1. The number of unbranched alkanes of at least 4 members (excludes halogenated alkanes) is 18. The minimum absolute atomic E-state index is 0.0357. The van der Waals surface area contributed by atoms with Gasteiger partial charge in [0.05, 0.1) is 40.3 Å². The van der Waals surface area contributed by atoms with Crippen molar-refractivity contribution in [2.24, 2.45) is 0 Å². The van der Waals surface area contributed by atoms with E-state index >= 15 is 0 Å². The van der Waals surface area contributed by atoms with Crippen molar-refractivity contribution < 1.29 is 38.2 Å². The number of likely N-dealkylation sites (N-methyl/N-ethyl adjacent to an activating group) is 1. The molecule has 0 aromatic carbocycles. The van der Waals surface area contributed by atoms with E-state index in [2.05, 4.69) is 50.3 Å². The zero-order valence-electron chi connectivity index (χ0n) is 34.9. The molecule has 2 unspecified atom stereocenters. The summed E-state index contributed by atoms with van der Waals surface area (Å²) in [6, 6.07) is -0.727. The summed E-state index contributed by atoms with van der Waals surface area (Å²) in [5.41, 5.74) is 0. The number of ether oxygens (including phenoxy) is 3. The molecule has 0 heterocycles. The smallest absolute Gasteiger partial charge is 0.306 e. The molecule has 0 fully saturated rings. The quantitative estimate of drug-likeness (QED) is 0.0268. The van der Waals surface area contributed by atoms with Crippen LogP contribution in [-0.2, 0) is 28.6 Å². The van der Waals surface area contributed by atoms with Gasteiger partial charge in [0.1, 0.15) is 12.6 Å². The highest BCUT2D eigenvalue weighted by molar-refractivity contribution is 5.70. The van der Waals surface area contributed by atoms with Gasteiger partial charge in [0.25, 0.3) is 0 Å². The fraction of sp³-hybridized carbons (Fsp3) is 0.800. The number of allylic oxidation sites excluding steroid dienone is 6. The van der Waals surface area contributed by atoms with Crippen LogP contribution in [0.4, 0.5) is 0 Å². The average molecular weight is 748 g/mol. The third kappa shape index (κ3) is 35.0. The second kappa shape index (κ2) is 36.5. The number of carboxylic acid groups (broad SMARTS) is 1. The number of aliphatic carboxylic acids is 1. The molecular formula is C45H81NO7. The van der Waals surface area contributed by atoms with E-state index in [-0.39, 0.29) is 42.7 Å². The van der Waals surface area contributed by atoms with Crippen LogP contribution in [0.15, 0.2) is 36.5 Å². The van der Waals surface area contributed by atoms with Gasteiger partial charge >= 0.3 is 11.9 Å². The van der Waals surface area contributed by atoms with Crippen LogP contribution in [0.1, 0.15) is 181 Å². The number of quaternary nitrogens is 1. The van der Waals surface area contributed by atoms with Crippen LogP contribution in [0.5, 0.6) is 0 Å². The molecule has 0 aromatic rings. The minimum Gasteiger partial charge on any atom is -0.544 e. The molecule has 0 rings (SSSR count). The molecule has 0 amide bonds. The van der Waals surface area contributed by atoms with Gasteiger partial charge in [-0.1, -0.05) is 153 Å². The predicted octanol–water partition coefficient (Wildman–Crippen LogP) is 10.1. The molecule has 0 radical (unpaired) electrons. The summed E-state index contributed by atoms with van der Waals surface area (Å²) in [6.45, 7) is 4.53. The zero-order chi connectivity index (χ0) is 39.3. The first-order valence-electron chi connectivity index (χ1n) is 21.5. The summed E-state index contributed by atoms with van der Waals surface area (Å²) in [7, 11) is 5.40. The minimum atomic E-state index is -1.13. The van der Waals surface area contributed by atoms with Gasteiger partial charge in [-0.3, -0.25) is 9.59 Å². The topological polar surface area (TPSA) is 102 Å². The van der Waals surface area contributed by atoms with Crippen LogP contribution in [0, 0.1) is 0 Å². The zero-order valence-corrected chi connectivity index (χ0v) is 34.9. The molecular weight excluding hydrogens is 666 g/mol. The van der Waals surface area contributed by atoms with E-state index in [0.29, 0.717) is 12.8 Å². The molecule has 8 heteroatoms. The van der Waals surface area contributed by atoms with Gasteiger partial charge < -0.3 is 28.6 Å². The number of carbonyl (C=O) groups excluding carboxylic acids is 3. The maximum Gasteiger partial charge on any atom is 0.306 e. The fourth-order valence-electron chi connectivity index (χ4n) is 6.20. The number of hydrogen-bond donors (Lipinski definition) is 0. The van der Waals surface area contributed by atoms with Crippen molar-refractivity contribution in [1.29, 1.82) is 0 Å². The van der Waals surface area contributed by atoms with E-state index in [9.17, 15) is 19.5 Å². The Bertz CT molecular complexity index is 968. The lowest BCUT2D eigenvalue weighted by atomic mass is 10.0. The molecule has 0 aliphatic carbocycles. The van der Waals surface area contributed by atoms with Crippen LogP contribution in [-0.4, -0.2) is 75.5 Å². The van der Waals surface area contributed by atoms with Crippen LogP contribution in [0.2, 0.25) is 0 Å². The van der Waals surface area contributed by atoms with E-state index in [4.69, 9.17) is 14.2 Å². The Hall–Kier alpha value is -2.45. The molecule has 2 atom stereocenters. The monoisotopic (exact) mass is 748 g/mol. The number of carbonyl (C=O) groups is 3. The molecule has 0 saturated heterocycles. The van der Waals surface area contributed by atoms with Crippen LogP contribution >= 0.6 is 0 Å². The summed E-state index contributed by atoms with van der Waals surface area (Å²) >= 11 is 0. The summed E-state index contributed by atoms with van der Waals surface area (Å²) in [5, 5.41) is 11.6. The van der Waals surface area contributed by atoms with Crippen molar-refractivity contribution in [3.63, 3.8) is 0 Å². The Kier molecular flexibility index (Phi) is 34.8. The SMILES string of the molecule is CC/C=C\C/C=C\C/C=C\CCCCCCCC(=O)OC(COCCC(C(=O)[O-])[N+](C)(C)C)COC(=O)CCCCCCCCCCCCCCCC. The predicted molar refractivity (Wildman–Crippen MR) is 217 cm³/mol. The highest BCUT2D eigenvalue weighted by Gasteiger charge is 2.25. The van der Waals surface area contributed by atoms with Crippen LogP contribution in [0.25, 0.3) is 0 Å². The molecule has 0 saturated carbocycles. The van der Waals surface area contributed by atoms with Crippen LogP contribution < -0.4 is 5.11 Å². The molecule has 0 N–H and O–H groups in total. The molecule has 0 aliphatic rings. The number of rotatable bonds is 38. The van der Waals surface area contributed by atoms with Gasteiger partial charge in [0, 0.05) is 19.3 Å². The maximum atomic E-state index is 12.7. The molecule has 53 heavy (non-hydrogen) atoms. The van der Waals surface area contributed by atoms with E-state index < -0.39 is 18.1 Å². The molecule has 0 aliphatic heterocycles. The Labute approximate surface area is 325 Å². The largest absolute Gasteiger partial charge is 0.544 e. The standard InChI is InChI=1S/C45H81NO7/c1-6-8-10-12-14-16-18-20-22-24-26-28-30-32-34-36-44(48)53-41(39-51-38-37-42(45(49)50)46(3,4)5)40-52-43(47)35-33-31-29-27-25-23-21-19-17-15-13-11-9-7-2/h8,10,14,16,20,22,41-42H,6-7,9,11-13,15,17-19,21,23-40H2,1-5H3/b10-8-,16-14-,22-20-. The molecule has 8 nitrogen and oxygen atoms in total. The Morgan fingerprint density at radius 3 is 1.57 bits per heavy atom. The van der Waals surface area contributed by atoms with Gasteiger partial charge in [0.2, 0.25) is 0 Å². The second-order valence-corrected chi connectivity index (χ2v) is 15.6. The molecule has 0 bridgehead atoms. The van der Waals surface area contributed by atoms with Crippen LogP contribution in [0.3, 0.4) is 0 Å². The van der Waals surface area contributed by atoms with Crippen molar-refractivity contribution in [1.82, 2.24) is 0 Å². The Morgan fingerprint density at radius 1 is 0.585 bits per heavy atom. The number of carboxylic acids is 1. The first-order valence-corrected chi connectivity index (χ1v) is 21.5. The first-order chi connectivity index (χ1) is 25.6. The van der Waals surface area contributed by atoms with Gasteiger partial charge in [-0.25, -0.2) is 0 Å². The molecule has 308 valence electrons. The average Bonchev–Trinajstić information content (AvgIpc) is 3.11. The van der Waals surface area contributed by atoms with E-state index in [1.165, 1.54) is 70.6 Å². The summed E-state index contributed by atoms with van der Waals surface area (Å²) in [4.78, 5) is 36.8. The van der Waals surface area contributed by atoms with Gasteiger partial charge in [0.15, 0.2) is 6.10 Å². The first kappa shape index (κ1) is 50.5. The molecule has 0 spiro atoms. The fourth-order valence-corrected chi connectivity index (χ4v) is 6.20. The summed E-state index contributed by atoms with van der Waals surface area (Å²) in [6.07, 6.45) is 40.2. The van der Waals surface area contributed by atoms with Gasteiger partial charge in [-0.2, -0.15) is 0 Å². The number of hydrogen-bond acceptors (Lipinski definition) is 7. The maximum absolute atomic E-state index is 12.7. The van der Waals surface area contributed by atoms with E-state index in [1.807, 2.05) is 0 Å². The number of esters is 2. The van der Waals surface area contributed by atoms with Gasteiger partial charge in [-0.15, -0.1) is 0 Å². The van der Waals surface area contributed by atoms with E-state index in [1.54, 1.807) is 21.1 Å². The lowest BCUT2D eigenvalue weighted by molar-refractivity contribution is -0.889. The molecule has 0 aromatic heterocycles. The normalized spacial score (nSPS) is 13.3.